The van der Waals surface area contributed by atoms with Gasteiger partial charge in [-0.15, -0.1) is 0 Å². The van der Waals surface area contributed by atoms with Crippen molar-refractivity contribution in [2.75, 3.05) is 5.32 Å². The molecule has 2 aliphatic rings. The Morgan fingerprint density at radius 2 is 1.67 bits per heavy atom. The molecule has 0 aliphatic carbocycles. The number of aromatic nitrogens is 2. The molecule has 4 heterocycles. The standard InChI is InChI=1S/C42H46N4O11/c1-8-42(53)29-19-32-34-26(20-46(32)35(48)28(29)22-55-38(42)51)18-25-17-24(11-14-30(25)44-34)36(49)54-21-23-9-12-27(13-10-23)43-33(47)16-15-31(37(50)56-40(2,3)4)45-39(52)57-41(5,6)7/h9-14,17-19,31,53H,8,15-16,20-22H2,1-7H3,(H,43,47)(H,45,52)/t31-,42?/m0/s1. The van der Waals surface area contributed by atoms with Gasteiger partial charge in [0.2, 0.25) is 5.91 Å². The fourth-order valence-corrected chi connectivity index (χ4v) is 6.60. The number of nitrogens with one attached hydrogen (secondary N) is 2. The molecule has 0 spiro atoms. The monoisotopic (exact) mass is 782 g/mol. The van der Waals surface area contributed by atoms with Crippen LogP contribution in [0.4, 0.5) is 10.5 Å². The number of aliphatic hydroxyl groups is 1. The number of carbonyl (C=O) groups is 5. The third-order valence-corrected chi connectivity index (χ3v) is 9.39. The average Bonchev–Trinajstić information content (AvgIpc) is 3.49. The number of cyclic esters (lactones) is 1. The van der Waals surface area contributed by atoms with Crippen LogP contribution in [0.15, 0.2) is 59.4 Å². The lowest BCUT2D eigenvalue weighted by atomic mass is 9.86. The highest BCUT2D eigenvalue weighted by Gasteiger charge is 2.45. The van der Waals surface area contributed by atoms with Gasteiger partial charge in [-0.25, -0.2) is 24.2 Å². The molecule has 0 bridgehead atoms. The van der Waals surface area contributed by atoms with E-state index in [1.165, 1.54) is 0 Å². The molecule has 2 aromatic heterocycles. The summed E-state index contributed by atoms with van der Waals surface area (Å²) in [5.41, 5.74) is 0.409. The maximum absolute atomic E-state index is 13.5. The van der Waals surface area contributed by atoms with Crippen LogP contribution in [-0.4, -0.2) is 61.8 Å². The van der Waals surface area contributed by atoms with Gasteiger partial charge in [0.05, 0.1) is 34.6 Å². The zero-order chi connectivity index (χ0) is 41.4. The van der Waals surface area contributed by atoms with Crippen molar-refractivity contribution < 1.29 is 48.0 Å². The number of carbonyl (C=O) groups excluding carboxylic acids is 5. The Morgan fingerprint density at radius 1 is 0.965 bits per heavy atom. The number of hydrogen-bond donors (Lipinski definition) is 3. The largest absolute Gasteiger partial charge is 0.458 e. The van der Waals surface area contributed by atoms with Gasteiger partial charge in [0, 0.05) is 28.6 Å². The van der Waals surface area contributed by atoms with E-state index < -0.39 is 52.8 Å². The first-order valence-corrected chi connectivity index (χ1v) is 18.6. The topological polar surface area (TPSA) is 201 Å². The van der Waals surface area contributed by atoms with Crippen LogP contribution >= 0.6 is 0 Å². The van der Waals surface area contributed by atoms with Crippen molar-refractivity contribution in [3.8, 4) is 11.4 Å². The Kier molecular flexibility index (Phi) is 11.0. The average molecular weight is 783 g/mol. The number of rotatable bonds is 10. The van der Waals surface area contributed by atoms with Crippen LogP contribution in [0.3, 0.4) is 0 Å². The van der Waals surface area contributed by atoms with Crippen molar-refractivity contribution in [3.63, 3.8) is 0 Å². The van der Waals surface area contributed by atoms with Crippen LogP contribution in [0.5, 0.6) is 0 Å². The lowest BCUT2D eigenvalue weighted by Gasteiger charge is -2.31. The molecule has 6 rings (SSSR count). The van der Waals surface area contributed by atoms with Crippen molar-refractivity contribution in [2.45, 2.75) is 110 Å². The summed E-state index contributed by atoms with van der Waals surface area (Å²) in [6.07, 6.45) is -0.886. The molecule has 15 nitrogen and oxygen atoms in total. The Balaban J connectivity index is 1.06. The number of hydrogen-bond acceptors (Lipinski definition) is 12. The molecule has 0 saturated heterocycles. The molecule has 3 N–H and O–H groups in total. The van der Waals surface area contributed by atoms with Crippen LogP contribution < -0.4 is 16.2 Å². The number of ether oxygens (including phenoxy) is 4. The van der Waals surface area contributed by atoms with Crippen LogP contribution in [0.2, 0.25) is 0 Å². The van der Waals surface area contributed by atoms with Crippen LogP contribution in [-0.2, 0) is 58.7 Å². The molecule has 4 aromatic rings. The van der Waals surface area contributed by atoms with E-state index in [-0.39, 0.29) is 55.7 Å². The van der Waals surface area contributed by atoms with E-state index in [2.05, 4.69) is 10.6 Å². The van der Waals surface area contributed by atoms with Gasteiger partial charge in [-0.1, -0.05) is 19.1 Å². The minimum absolute atomic E-state index is 0.0278. The number of pyridine rings is 2. The number of nitrogens with zero attached hydrogens (tertiary/aromatic N) is 2. The Labute approximate surface area is 328 Å². The van der Waals surface area contributed by atoms with Gasteiger partial charge in [0.15, 0.2) is 5.60 Å². The van der Waals surface area contributed by atoms with Crippen molar-refractivity contribution in [1.82, 2.24) is 14.9 Å². The summed E-state index contributed by atoms with van der Waals surface area (Å²) in [7, 11) is 0. The second-order valence-corrected chi connectivity index (χ2v) is 16.1. The summed E-state index contributed by atoms with van der Waals surface area (Å²) in [4.78, 5) is 81.8. The Hall–Kier alpha value is -6.09. The maximum atomic E-state index is 13.5. The third-order valence-electron chi connectivity index (χ3n) is 9.39. The van der Waals surface area contributed by atoms with E-state index in [1.54, 1.807) is 102 Å². The zero-order valence-electron chi connectivity index (χ0n) is 32.9. The van der Waals surface area contributed by atoms with E-state index in [0.29, 0.717) is 39.1 Å². The first-order chi connectivity index (χ1) is 26.7. The second kappa shape index (κ2) is 15.4. The Morgan fingerprint density at radius 3 is 2.33 bits per heavy atom. The quantitative estimate of drug-likeness (QED) is 0.121. The number of esters is 3. The molecular formula is C42H46N4O11. The van der Waals surface area contributed by atoms with Crippen molar-refractivity contribution >= 4 is 46.5 Å². The number of alkyl carbamates (subject to hydrolysis) is 1. The zero-order valence-corrected chi connectivity index (χ0v) is 32.9. The minimum Gasteiger partial charge on any atom is -0.458 e. The molecule has 2 aromatic carbocycles. The van der Waals surface area contributed by atoms with Crippen LogP contribution in [0.1, 0.15) is 100 Å². The molecule has 2 aliphatic heterocycles. The molecule has 1 unspecified atom stereocenters. The molecule has 0 radical (unpaired) electrons. The van der Waals surface area contributed by atoms with E-state index in [4.69, 9.17) is 23.9 Å². The van der Waals surface area contributed by atoms with Crippen molar-refractivity contribution in [1.29, 1.82) is 0 Å². The highest BCUT2D eigenvalue weighted by atomic mass is 16.6. The predicted octanol–water partition coefficient (Wildman–Crippen LogP) is 5.39. The smallest absolute Gasteiger partial charge is 0.408 e. The number of anilines is 1. The van der Waals surface area contributed by atoms with Crippen LogP contribution in [0, 0.1) is 0 Å². The molecule has 15 heteroatoms. The lowest BCUT2D eigenvalue weighted by Crippen LogP contribution is -2.46. The van der Waals surface area contributed by atoms with Gasteiger partial charge in [-0.2, -0.15) is 0 Å². The number of benzene rings is 2. The van der Waals surface area contributed by atoms with Gasteiger partial charge >= 0.3 is 24.0 Å². The summed E-state index contributed by atoms with van der Waals surface area (Å²) < 4.78 is 23.0. The predicted molar refractivity (Wildman–Crippen MR) is 207 cm³/mol. The molecular weight excluding hydrogens is 736 g/mol. The number of fused-ring (bicyclic) bond motifs is 5. The molecule has 2 amide bonds. The second-order valence-electron chi connectivity index (χ2n) is 16.1. The number of amides is 2. The highest BCUT2D eigenvalue weighted by Crippen LogP contribution is 2.38. The van der Waals surface area contributed by atoms with Gasteiger partial charge in [-0.3, -0.25) is 9.59 Å². The van der Waals surface area contributed by atoms with Gasteiger partial charge in [0.1, 0.15) is 30.5 Å². The molecule has 2 atom stereocenters. The normalized spacial score (nSPS) is 16.4. The molecule has 0 saturated carbocycles. The van der Waals surface area contributed by atoms with Crippen LogP contribution in [0.25, 0.3) is 22.3 Å². The van der Waals surface area contributed by atoms with Crippen molar-refractivity contribution in [2.24, 2.45) is 0 Å². The lowest BCUT2D eigenvalue weighted by molar-refractivity contribution is -0.172. The van der Waals surface area contributed by atoms with Gasteiger partial charge in [-0.05, 0) is 102 Å². The summed E-state index contributed by atoms with van der Waals surface area (Å²) in [6.45, 7) is 11.8. The minimum atomic E-state index is -1.92. The molecule has 57 heavy (non-hydrogen) atoms. The Bertz CT molecular complexity index is 2340. The van der Waals surface area contributed by atoms with Crippen molar-refractivity contribution in [3.05, 3.63) is 92.8 Å². The summed E-state index contributed by atoms with van der Waals surface area (Å²) in [5, 5.41) is 17.0. The van der Waals surface area contributed by atoms with Gasteiger partial charge in [0.25, 0.3) is 5.56 Å². The SMILES string of the molecule is CCC1(O)C(=O)OCc2c1cc1n(c2=O)Cc2cc3cc(C(=O)OCc4ccc(NC(=O)CC[C@H](NC(=O)OC(C)(C)C)C(=O)OC(C)(C)C)cc4)ccc3nc2-1. The van der Waals surface area contributed by atoms with E-state index >= 15 is 0 Å². The fourth-order valence-electron chi connectivity index (χ4n) is 6.60. The first kappa shape index (κ1) is 40.6. The maximum Gasteiger partial charge on any atom is 0.408 e. The summed E-state index contributed by atoms with van der Waals surface area (Å²) >= 11 is 0. The highest BCUT2D eigenvalue weighted by molar-refractivity contribution is 5.96. The van der Waals surface area contributed by atoms with E-state index in [9.17, 15) is 33.9 Å². The van der Waals surface area contributed by atoms with E-state index in [0.717, 1.165) is 5.56 Å². The third kappa shape index (κ3) is 8.99. The van der Waals surface area contributed by atoms with E-state index in [1.807, 2.05) is 6.07 Å². The molecule has 300 valence electrons. The summed E-state index contributed by atoms with van der Waals surface area (Å²) in [5.74, 6) is -2.43. The summed E-state index contributed by atoms with van der Waals surface area (Å²) in [6, 6.07) is 14.1. The fraction of sp³-hybridized carbons (Fsp3) is 0.405. The first-order valence-electron chi connectivity index (χ1n) is 18.6. The van der Waals surface area contributed by atoms with Gasteiger partial charge < -0.3 is 39.3 Å². The molecule has 0 fully saturated rings.